The van der Waals surface area contributed by atoms with E-state index < -0.39 is 0 Å². The van der Waals surface area contributed by atoms with E-state index in [9.17, 15) is 5.11 Å². The summed E-state index contributed by atoms with van der Waals surface area (Å²) in [5, 5.41) is 9.87. The Hall–Kier alpha value is -1.38. The van der Waals surface area contributed by atoms with Gasteiger partial charge >= 0.3 is 0 Å². The van der Waals surface area contributed by atoms with Gasteiger partial charge in [0.2, 0.25) is 0 Å². The van der Waals surface area contributed by atoms with Crippen LogP contribution < -0.4 is 5.73 Å². The molecule has 3 N–H and O–H groups in total. The fourth-order valence-electron chi connectivity index (χ4n) is 2.65. The van der Waals surface area contributed by atoms with Crippen molar-refractivity contribution in [3.05, 3.63) is 23.3 Å². The second-order valence-corrected chi connectivity index (χ2v) is 6.90. The molecular weight excluding hydrogens is 326 g/mol. The van der Waals surface area contributed by atoms with Crippen LogP contribution in [0.3, 0.4) is 0 Å². The van der Waals surface area contributed by atoms with Crippen LogP contribution in [0.1, 0.15) is 11.1 Å². The number of nitrogens with two attached hydrogens (primary N) is 1. The zero-order valence-electron chi connectivity index (χ0n) is 14.2. The number of hydrogen-bond donors (Lipinski definition) is 2. The Morgan fingerprint density at radius 2 is 1.32 bits per heavy atom. The normalized spacial score (nSPS) is 31.0. The maximum absolute atomic E-state index is 9.87. The van der Waals surface area contributed by atoms with E-state index in [4.69, 9.17) is 29.4 Å². The second-order valence-electron chi connectivity index (χ2n) is 6.90. The Morgan fingerprint density at radius 3 is 1.80 bits per heavy atom. The van der Waals surface area contributed by atoms with Gasteiger partial charge in [-0.2, -0.15) is 0 Å². The minimum absolute atomic E-state index is 0.256. The van der Waals surface area contributed by atoms with Gasteiger partial charge in [-0.1, -0.05) is 0 Å². The molecule has 4 unspecified atom stereocenters. The highest BCUT2D eigenvalue weighted by molar-refractivity contribution is 5.56. The van der Waals surface area contributed by atoms with Gasteiger partial charge in [0.25, 0.3) is 0 Å². The summed E-state index contributed by atoms with van der Waals surface area (Å²) in [6.45, 7) is 4.85. The van der Waals surface area contributed by atoms with Gasteiger partial charge in [-0.15, -0.1) is 0 Å². The van der Waals surface area contributed by atoms with Crippen LogP contribution in [-0.2, 0) is 36.5 Å². The van der Waals surface area contributed by atoms with E-state index in [0.29, 0.717) is 18.0 Å². The summed E-state index contributed by atoms with van der Waals surface area (Å²) in [5.41, 5.74) is 8.65. The van der Waals surface area contributed by atoms with Crippen LogP contribution >= 0.6 is 0 Å². The lowest BCUT2D eigenvalue weighted by Gasteiger charge is -2.12. The minimum Gasteiger partial charge on any atom is -0.508 e. The molecule has 0 amide bonds. The lowest BCUT2D eigenvalue weighted by atomic mass is 9.96. The van der Waals surface area contributed by atoms with Crippen LogP contribution in [-0.4, -0.2) is 69.2 Å². The van der Waals surface area contributed by atoms with Crippen molar-refractivity contribution in [2.75, 3.05) is 45.4 Å². The van der Waals surface area contributed by atoms with Crippen molar-refractivity contribution in [1.82, 2.24) is 0 Å². The summed E-state index contributed by atoms with van der Waals surface area (Å²) in [6, 6.07) is 3.41. The highest BCUT2D eigenvalue weighted by Crippen LogP contribution is 2.33. The third-order valence-corrected chi connectivity index (χ3v) is 4.52. The van der Waals surface area contributed by atoms with Crippen LogP contribution in [0.25, 0.3) is 0 Å². The van der Waals surface area contributed by atoms with Crippen LogP contribution in [0.2, 0.25) is 0 Å². The van der Waals surface area contributed by atoms with E-state index in [1.807, 2.05) is 0 Å². The molecule has 0 aliphatic carbocycles. The van der Waals surface area contributed by atoms with Crippen molar-refractivity contribution >= 4 is 5.69 Å². The van der Waals surface area contributed by atoms with Gasteiger partial charge in [0, 0.05) is 24.1 Å². The standard InChI is InChI=1S/C12H15NO3.C6H10O3/c13-11-1-2-12(14)10(4-8-6-16-8)9(11)3-7-5-15-7;1(5-3-8-5)7-2-6-4-9-6/h1-2,7-8,14H,3-6,13H2;5-6H,1-4H2. The Morgan fingerprint density at radius 1 is 0.840 bits per heavy atom. The van der Waals surface area contributed by atoms with Gasteiger partial charge in [-0.3, -0.25) is 0 Å². The van der Waals surface area contributed by atoms with E-state index in [-0.39, 0.29) is 12.2 Å². The molecule has 7 heteroatoms. The molecule has 4 saturated heterocycles. The lowest BCUT2D eigenvalue weighted by molar-refractivity contribution is 0.102. The maximum atomic E-state index is 9.87. The molecule has 0 bridgehead atoms. The predicted molar refractivity (Wildman–Crippen MR) is 89.7 cm³/mol. The Kier molecular flexibility index (Phi) is 5.10. The molecule has 0 saturated carbocycles. The van der Waals surface area contributed by atoms with Crippen molar-refractivity contribution in [2.45, 2.75) is 37.3 Å². The van der Waals surface area contributed by atoms with E-state index in [2.05, 4.69) is 0 Å². The molecule has 4 fully saturated rings. The van der Waals surface area contributed by atoms with Crippen LogP contribution in [0.5, 0.6) is 5.75 Å². The number of phenols is 1. The van der Waals surface area contributed by atoms with Crippen LogP contribution in [0, 0.1) is 0 Å². The first-order valence-electron chi connectivity index (χ1n) is 8.82. The topological polar surface area (TPSA) is 106 Å². The molecule has 5 rings (SSSR count). The highest BCUT2D eigenvalue weighted by atomic mass is 16.6. The highest BCUT2D eigenvalue weighted by Gasteiger charge is 2.30. The molecule has 0 aromatic heterocycles. The van der Waals surface area contributed by atoms with Crippen molar-refractivity contribution in [1.29, 1.82) is 0 Å². The number of aromatic hydroxyl groups is 1. The fraction of sp³-hybridized carbons (Fsp3) is 0.667. The zero-order valence-corrected chi connectivity index (χ0v) is 14.2. The number of ether oxygens (including phenoxy) is 5. The van der Waals surface area contributed by atoms with E-state index in [0.717, 1.165) is 69.3 Å². The third kappa shape index (κ3) is 5.55. The monoisotopic (exact) mass is 351 g/mol. The molecular formula is C18H25NO6. The number of nitrogen functional groups attached to an aromatic ring is 1. The van der Waals surface area contributed by atoms with Crippen molar-refractivity contribution in [3.8, 4) is 5.75 Å². The molecule has 4 aliphatic rings. The molecule has 4 aliphatic heterocycles. The van der Waals surface area contributed by atoms with E-state index in [1.165, 1.54) is 0 Å². The summed E-state index contributed by atoms with van der Waals surface area (Å²) >= 11 is 0. The van der Waals surface area contributed by atoms with Gasteiger partial charge in [-0.25, -0.2) is 0 Å². The first-order chi connectivity index (χ1) is 12.2. The molecule has 0 radical (unpaired) electrons. The number of benzene rings is 1. The second kappa shape index (κ2) is 7.47. The molecule has 4 heterocycles. The number of anilines is 1. The number of hydrogen-bond acceptors (Lipinski definition) is 7. The summed E-state index contributed by atoms with van der Waals surface area (Å²) in [7, 11) is 0. The predicted octanol–water partition coefficient (Wildman–Crippen LogP) is 0.658. The summed E-state index contributed by atoms with van der Waals surface area (Å²) in [5.74, 6) is 0.320. The molecule has 1 aromatic carbocycles. The minimum atomic E-state index is 0.256. The van der Waals surface area contributed by atoms with Crippen LogP contribution in [0.4, 0.5) is 5.69 Å². The molecule has 0 spiro atoms. The zero-order chi connectivity index (χ0) is 17.2. The Labute approximate surface area is 146 Å². The molecule has 4 atom stereocenters. The molecule has 25 heavy (non-hydrogen) atoms. The summed E-state index contributed by atoms with van der Waals surface area (Å²) in [4.78, 5) is 0. The van der Waals surface area contributed by atoms with E-state index >= 15 is 0 Å². The van der Waals surface area contributed by atoms with Crippen molar-refractivity contribution < 1.29 is 28.8 Å². The summed E-state index contributed by atoms with van der Waals surface area (Å²) in [6.07, 6.45) is 2.86. The van der Waals surface area contributed by atoms with Gasteiger partial charge in [0.1, 0.15) is 18.0 Å². The lowest BCUT2D eigenvalue weighted by Crippen LogP contribution is -2.06. The average molecular weight is 351 g/mol. The largest absolute Gasteiger partial charge is 0.508 e. The first kappa shape index (κ1) is 17.1. The first-order valence-corrected chi connectivity index (χ1v) is 8.82. The van der Waals surface area contributed by atoms with Crippen LogP contribution in [0.15, 0.2) is 12.1 Å². The smallest absolute Gasteiger partial charge is 0.119 e. The fourth-order valence-corrected chi connectivity index (χ4v) is 2.65. The maximum Gasteiger partial charge on any atom is 0.119 e. The van der Waals surface area contributed by atoms with Gasteiger partial charge < -0.3 is 34.5 Å². The summed E-state index contributed by atoms with van der Waals surface area (Å²) < 4.78 is 25.5. The van der Waals surface area contributed by atoms with E-state index in [1.54, 1.807) is 12.1 Å². The van der Waals surface area contributed by atoms with Gasteiger partial charge in [0.05, 0.1) is 51.8 Å². The molecule has 138 valence electrons. The molecule has 1 aromatic rings. The van der Waals surface area contributed by atoms with Gasteiger partial charge in [-0.05, 0) is 17.7 Å². The average Bonchev–Trinajstić information content (AvgIpc) is 3.46. The van der Waals surface area contributed by atoms with Crippen molar-refractivity contribution in [3.63, 3.8) is 0 Å². The third-order valence-electron chi connectivity index (χ3n) is 4.52. The Bertz CT molecular complexity index is 542. The number of epoxide rings is 4. The van der Waals surface area contributed by atoms with Gasteiger partial charge in [0.15, 0.2) is 0 Å². The quantitative estimate of drug-likeness (QED) is 0.402. The Balaban J connectivity index is 0.000000147. The number of rotatable bonds is 8. The molecule has 7 nitrogen and oxygen atoms in total. The SMILES string of the molecule is C(OCC1CO1)C1CO1.Nc1ccc(O)c(CC2CO2)c1CC1CO1. The van der Waals surface area contributed by atoms with Crippen molar-refractivity contribution in [2.24, 2.45) is 0 Å². The number of phenolic OH excluding ortho intramolecular Hbond substituents is 1.